The highest BCUT2D eigenvalue weighted by Crippen LogP contribution is 2.28. The first kappa shape index (κ1) is 17.7. The summed E-state index contributed by atoms with van der Waals surface area (Å²) in [6.45, 7) is 2.09. The Morgan fingerprint density at radius 1 is 1.20 bits per heavy atom. The molecule has 0 unspecified atom stereocenters. The van der Waals surface area contributed by atoms with Gasteiger partial charge in [0.1, 0.15) is 5.03 Å². The molecule has 2 heterocycles. The minimum Gasteiger partial charge on any atom is -0.465 e. The van der Waals surface area contributed by atoms with E-state index >= 15 is 0 Å². The number of aromatic nitrogens is 2. The van der Waals surface area contributed by atoms with E-state index in [-0.39, 0.29) is 17.5 Å². The Kier molecular flexibility index (Phi) is 5.55. The van der Waals surface area contributed by atoms with E-state index in [0.29, 0.717) is 28.3 Å². The Balaban J connectivity index is 1.99. The van der Waals surface area contributed by atoms with Crippen LogP contribution < -0.4 is 0 Å². The van der Waals surface area contributed by atoms with Crippen LogP contribution in [0.15, 0.2) is 58.2 Å². The predicted molar refractivity (Wildman–Crippen MR) is 100 cm³/mol. The Labute approximate surface area is 157 Å². The number of carbonyl (C=O) groups excluding carboxylic acids is 2. The standard InChI is InChI=1S/C18H15BrN2O3S/c1-2-24-15(22)11-25-18-16(14-5-3-4-10-21(14)20-18)17(23)12-6-8-13(19)9-7-12/h3-10H,2,11H2,1H3. The summed E-state index contributed by atoms with van der Waals surface area (Å²) in [5.74, 6) is -0.343. The molecule has 0 fully saturated rings. The topological polar surface area (TPSA) is 60.7 Å². The highest BCUT2D eigenvalue weighted by atomic mass is 79.9. The Morgan fingerprint density at radius 3 is 2.68 bits per heavy atom. The van der Waals surface area contributed by atoms with Gasteiger partial charge in [0.25, 0.3) is 0 Å². The number of fused-ring (bicyclic) bond motifs is 1. The first-order valence-corrected chi connectivity index (χ1v) is 9.44. The molecule has 0 bridgehead atoms. The molecule has 5 nitrogen and oxygen atoms in total. The summed E-state index contributed by atoms with van der Waals surface area (Å²) in [4.78, 5) is 24.7. The second-order valence-corrected chi connectivity index (χ2v) is 7.02. The molecular formula is C18H15BrN2O3S. The predicted octanol–water partition coefficient (Wildman–Crippen LogP) is 3.98. The number of hydrogen-bond acceptors (Lipinski definition) is 5. The Morgan fingerprint density at radius 2 is 1.96 bits per heavy atom. The van der Waals surface area contributed by atoms with Crippen molar-refractivity contribution in [3.8, 4) is 0 Å². The molecule has 25 heavy (non-hydrogen) atoms. The van der Waals surface area contributed by atoms with Gasteiger partial charge in [0.05, 0.1) is 23.4 Å². The summed E-state index contributed by atoms with van der Waals surface area (Å²) < 4.78 is 7.51. The maximum Gasteiger partial charge on any atom is 0.316 e. The van der Waals surface area contributed by atoms with Gasteiger partial charge in [0.15, 0.2) is 5.78 Å². The number of ketones is 1. The zero-order valence-electron chi connectivity index (χ0n) is 13.4. The minimum atomic E-state index is -0.327. The van der Waals surface area contributed by atoms with Crippen molar-refractivity contribution >= 4 is 45.0 Å². The lowest BCUT2D eigenvalue weighted by Gasteiger charge is -2.04. The van der Waals surface area contributed by atoms with Gasteiger partial charge in [-0.1, -0.05) is 33.8 Å². The quantitative estimate of drug-likeness (QED) is 0.344. The summed E-state index contributed by atoms with van der Waals surface area (Å²) >= 11 is 4.58. The van der Waals surface area contributed by atoms with Crippen LogP contribution in [0, 0.1) is 0 Å². The third kappa shape index (κ3) is 3.93. The fourth-order valence-corrected chi connectivity index (χ4v) is 3.46. The first-order chi connectivity index (χ1) is 12.1. The van der Waals surface area contributed by atoms with Crippen LogP contribution in [0.3, 0.4) is 0 Å². The van der Waals surface area contributed by atoms with E-state index in [9.17, 15) is 9.59 Å². The highest BCUT2D eigenvalue weighted by Gasteiger charge is 2.22. The van der Waals surface area contributed by atoms with Crippen molar-refractivity contribution in [2.24, 2.45) is 0 Å². The van der Waals surface area contributed by atoms with Crippen molar-refractivity contribution in [1.82, 2.24) is 9.61 Å². The van der Waals surface area contributed by atoms with Gasteiger partial charge in [0, 0.05) is 16.2 Å². The van der Waals surface area contributed by atoms with Crippen LogP contribution >= 0.6 is 27.7 Å². The van der Waals surface area contributed by atoms with Crippen LogP contribution in [0.5, 0.6) is 0 Å². The fourth-order valence-electron chi connectivity index (χ4n) is 2.37. The van der Waals surface area contributed by atoms with Gasteiger partial charge >= 0.3 is 5.97 Å². The number of pyridine rings is 1. The first-order valence-electron chi connectivity index (χ1n) is 7.66. The van der Waals surface area contributed by atoms with Gasteiger partial charge in [-0.3, -0.25) is 9.59 Å². The normalized spacial score (nSPS) is 10.8. The molecule has 1 aromatic carbocycles. The summed E-state index contributed by atoms with van der Waals surface area (Å²) in [7, 11) is 0. The number of nitrogens with zero attached hydrogens (tertiary/aromatic N) is 2. The SMILES string of the molecule is CCOC(=O)CSc1nn2ccccc2c1C(=O)c1ccc(Br)cc1. The molecule has 0 aliphatic rings. The van der Waals surface area contributed by atoms with E-state index in [2.05, 4.69) is 21.0 Å². The molecule has 0 amide bonds. The third-order valence-corrected chi connectivity index (χ3v) is 4.94. The van der Waals surface area contributed by atoms with Gasteiger partial charge in [0.2, 0.25) is 0 Å². The van der Waals surface area contributed by atoms with Crippen LogP contribution in [-0.4, -0.2) is 33.7 Å². The Hall–Kier alpha value is -2.12. The fraction of sp³-hybridized carbons (Fsp3) is 0.167. The number of hydrogen-bond donors (Lipinski definition) is 0. The second-order valence-electron chi connectivity index (χ2n) is 5.14. The molecule has 3 rings (SSSR count). The summed E-state index contributed by atoms with van der Waals surface area (Å²) in [6, 6.07) is 12.7. The maximum absolute atomic E-state index is 13.0. The van der Waals surface area contributed by atoms with E-state index < -0.39 is 0 Å². The molecule has 128 valence electrons. The van der Waals surface area contributed by atoms with Gasteiger partial charge in [-0.15, -0.1) is 0 Å². The molecule has 0 atom stereocenters. The summed E-state index contributed by atoms with van der Waals surface area (Å²) in [5.41, 5.74) is 1.78. The van der Waals surface area contributed by atoms with E-state index in [1.54, 1.807) is 29.8 Å². The zero-order valence-corrected chi connectivity index (χ0v) is 15.8. The molecule has 2 aromatic heterocycles. The third-order valence-electron chi connectivity index (χ3n) is 3.47. The highest BCUT2D eigenvalue weighted by molar-refractivity contribution is 9.10. The molecule has 0 spiro atoms. The largest absolute Gasteiger partial charge is 0.465 e. The van der Waals surface area contributed by atoms with Gasteiger partial charge < -0.3 is 4.74 Å². The van der Waals surface area contributed by atoms with E-state index in [4.69, 9.17) is 4.74 Å². The number of thioether (sulfide) groups is 1. The van der Waals surface area contributed by atoms with Crippen LogP contribution in [0.4, 0.5) is 0 Å². The molecule has 0 saturated carbocycles. The van der Waals surface area contributed by atoms with Gasteiger partial charge in [-0.25, -0.2) is 4.52 Å². The van der Waals surface area contributed by atoms with Crippen molar-refractivity contribution in [2.45, 2.75) is 11.9 Å². The lowest BCUT2D eigenvalue weighted by molar-refractivity contribution is -0.139. The number of halogens is 1. The molecule has 0 aliphatic carbocycles. The molecule has 0 aliphatic heterocycles. The molecule has 7 heteroatoms. The smallest absolute Gasteiger partial charge is 0.316 e. The van der Waals surface area contributed by atoms with Gasteiger partial charge in [-0.05, 0) is 43.3 Å². The summed E-state index contributed by atoms with van der Waals surface area (Å²) in [6.07, 6.45) is 1.78. The van der Waals surface area contributed by atoms with E-state index in [0.717, 1.165) is 4.47 Å². The number of benzene rings is 1. The Bertz CT molecular complexity index is 922. The minimum absolute atomic E-state index is 0.109. The van der Waals surface area contributed by atoms with Crippen molar-refractivity contribution in [2.75, 3.05) is 12.4 Å². The molecular weight excluding hydrogens is 404 g/mol. The molecule has 0 N–H and O–H groups in total. The second kappa shape index (κ2) is 7.84. The van der Waals surface area contributed by atoms with Crippen molar-refractivity contribution in [3.63, 3.8) is 0 Å². The molecule has 0 radical (unpaired) electrons. The number of esters is 1. The zero-order chi connectivity index (χ0) is 17.8. The number of carbonyl (C=O) groups is 2. The van der Waals surface area contributed by atoms with Crippen LogP contribution in [0.1, 0.15) is 22.8 Å². The van der Waals surface area contributed by atoms with Crippen molar-refractivity contribution in [1.29, 1.82) is 0 Å². The van der Waals surface area contributed by atoms with Crippen LogP contribution in [-0.2, 0) is 9.53 Å². The van der Waals surface area contributed by atoms with Crippen molar-refractivity contribution in [3.05, 3.63) is 64.3 Å². The maximum atomic E-state index is 13.0. The van der Waals surface area contributed by atoms with E-state index in [1.807, 2.05) is 30.3 Å². The van der Waals surface area contributed by atoms with Crippen molar-refractivity contribution < 1.29 is 14.3 Å². The average molecular weight is 419 g/mol. The monoisotopic (exact) mass is 418 g/mol. The number of ether oxygens (including phenoxy) is 1. The van der Waals surface area contributed by atoms with Gasteiger partial charge in [-0.2, -0.15) is 5.10 Å². The van der Waals surface area contributed by atoms with Crippen LogP contribution in [0.2, 0.25) is 0 Å². The van der Waals surface area contributed by atoms with Crippen LogP contribution in [0.25, 0.3) is 5.52 Å². The number of rotatable bonds is 6. The lowest BCUT2D eigenvalue weighted by Crippen LogP contribution is -2.08. The van der Waals surface area contributed by atoms with E-state index in [1.165, 1.54) is 11.8 Å². The average Bonchev–Trinajstić information content (AvgIpc) is 2.98. The summed E-state index contributed by atoms with van der Waals surface area (Å²) in [5, 5.41) is 4.97. The molecule has 3 aromatic rings. The lowest BCUT2D eigenvalue weighted by atomic mass is 10.0. The molecule has 0 saturated heterocycles.